The summed E-state index contributed by atoms with van der Waals surface area (Å²) in [5.74, 6) is 0. The van der Waals surface area contributed by atoms with Gasteiger partial charge >= 0.3 is 0 Å². The lowest BCUT2D eigenvalue weighted by atomic mass is 10.1. The van der Waals surface area contributed by atoms with Gasteiger partial charge in [0.15, 0.2) is 0 Å². The van der Waals surface area contributed by atoms with Crippen LogP contribution in [0.2, 0.25) is 0 Å². The summed E-state index contributed by atoms with van der Waals surface area (Å²) in [5, 5.41) is 3.39. The zero-order chi connectivity index (χ0) is 10.6. The number of hydrogen-bond donors (Lipinski definition) is 1. The van der Waals surface area contributed by atoms with Crippen molar-refractivity contribution in [2.75, 3.05) is 11.9 Å². The number of hydrogen-bond acceptors (Lipinski definition) is 1. The van der Waals surface area contributed by atoms with E-state index in [0.29, 0.717) is 0 Å². The van der Waals surface area contributed by atoms with Crippen LogP contribution in [0.4, 0.5) is 5.69 Å². The molecule has 0 unspecified atom stereocenters. The highest BCUT2D eigenvalue weighted by atomic mass is 79.9. The molecule has 0 amide bonds. The predicted octanol–water partition coefficient (Wildman–Crippen LogP) is 4.05. The minimum atomic E-state index is 0.937. The van der Waals surface area contributed by atoms with Crippen molar-refractivity contribution in [2.45, 2.75) is 20.3 Å². The van der Waals surface area contributed by atoms with E-state index in [0.717, 1.165) is 17.4 Å². The van der Waals surface area contributed by atoms with Crippen molar-refractivity contribution in [1.82, 2.24) is 0 Å². The second-order valence-electron chi connectivity index (χ2n) is 3.44. The van der Waals surface area contributed by atoms with Crippen LogP contribution in [-0.2, 0) is 0 Å². The Morgan fingerprint density at radius 2 is 2.14 bits per heavy atom. The molecule has 0 saturated carbocycles. The molecule has 0 bridgehead atoms. The van der Waals surface area contributed by atoms with Gasteiger partial charge in [-0.25, -0.2) is 0 Å². The molecule has 0 fully saturated rings. The van der Waals surface area contributed by atoms with Crippen LogP contribution in [0.3, 0.4) is 0 Å². The van der Waals surface area contributed by atoms with E-state index in [1.807, 2.05) is 6.08 Å². The summed E-state index contributed by atoms with van der Waals surface area (Å²) in [6, 6.07) is 4.31. The van der Waals surface area contributed by atoms with E-state index >= 15 is 0 Å². The van der Waals surface area contributed by atoms with Crippen LogP contribution < -0.4 is 5.32 Å². The first kappa shape index (κ1) is 11.3. The van der Waals surface area contributed by atoms with Crippen LogP contribution in [0.5, 0.6) is 0 Å². The Balaban J connectivity index is 2.80. The van der Waals surface area contributed by atoms with Crippen molar-refractivity contribution in [2.24, 2.45) is 0 Å². The molecule has 0 radical (unpaired) electrons. The van der Waals surface area contributed by atoms with Gasteiger partial charge in [0, 0.05) is 11.0 Å². The molecule has 1 aromatic carbocycles. The van der Waals surface area contributed by atoms with Gasteiger partial charge in [0.05, 0.1) is 5.69 Å². The smallest absolute Gasteiger partial charge is 0.0514 e. The minimum Gasteiger partial charge on any atom is -0.384 e. The van der Waals surface area contributed by atoms with Gasteiger partial charge in [0.25, 0.3) is 0 Å². The van der Waals surface area contributed by atoms with Crippen LogP contribution in [0.15, 0.2) is 29.3 Å². The number of benzene rings is 1. The average Bonchev–Trinajstić information content (AvgIpc) is 2.09. The third-order valence-electron chi connectivity index (χ3n) is 2.08. The zero-order valence-corrected chi connectivity index (χ0v) is 10.3. The summed E-state index contributed by atoms with van der Waals surface area (Å²) in [6.45, 7) is 8.86. The Kier molecular flexibility index (Phi) is 4.21. The lowest BCUT2D eigenvalue weighted by molar-refractivity contribution is 1.06. The molecule has 0 aliphatic carbocycles. The lowest BCUT2D eigenvalue weighted by Gasteiger charge is -2.11. The molecule has 1 rings (SSSR count). The monoisotopic (exact) mass is 253 g/mol. The molecule has 14 heavy (non-hydrogen) atoms. The number of nitrogens with one attached hydrogen (secondary N) is 1. The number of rotatable bonds is 4. The highest BCUT2D eigenvalue weighted by Gasteiger charge is 2.03. The molecular weight excluding hydrogens is 238 g/mol. The van der Waals surface area contributed by atoms with Gasteiger partial charge in [0.1, 0.15) is 0 Å². The topological polar surface area (TPSA) is 12.0 Å². The molecule has 0 spiro atoms. The largest absolute Gasteiger partial charge is 0.384 e. The normalized spacial score (nSPS) is 9.93. The van der Waals surface area contributed by atoms with Crippen LogP contribution in [0, 0.1) is 13.8 Å². The summed E-state index contributed by atoms with van der Waals surface area (Å²) in [5.41, 5.74) is 3.75. The van der Waals surface area contributed by atoms with E-state index in [1.165, 1.54) is 16.8 Å². The molecule has 0 heterocycles. The molecule has 1 aromatic rings. The van der Waals surface area contributed by atoms with Gasteiger partial charge in [0.2, 0.25) is 0 Å². The van der Waals surface area contributed by atoms with E-state index in [2.05, 4.69) is 53.8 Å². The third-order valence-corrected chi connectivity index (χ3v) is 2.71. The first-order valence-electron chi connectivity index (χ1n) is 4.76. The molecule has 2 heteroatoms. The summed E-state index contributed by atoms with van der Waals surface area (Å²) < 4.78 is 1.14. The maximum Gasteiger partial charge on any atom is 0.0514 e. The van der Waals surface area contributed by atoms with Gasteiger partial charge in [-0.2, -0.15) is 0 Å². The van der Waals surface area contributed by atoms with Crippen LogP contribution in [0.25, 0.3) is 0 Å². The average molecular weight is 254 g/mol. The summed E-state index contributed by atoms with van der Waals surface area (Å²) in [4.78, 5) is 0. The van der Waals surface area contributed by atoms with Gasteiger partial charge in [-0.05, 0) is 53.4 Å². The van der Waals surface area contributed by atoms with Crippen molar-refractivity contribution in [3.63, 3.8) is 0 Å². The number of halogens is 1. The fourth-order valence-electron chi connectivity index (χ4n) is 1.44. The second kappa shape index (κ2) is 5.20. The van der Waals surface area contributed by atoms with Gasteiger partial charge in [-0.3, -0.25) is 0 Å². The fraction of sp³-hybridized carbons (Fsp3) is 0.333. The Morgan fingerprint density at radius 3 is 2.71 bits per heavy atom. The molecule has 1 nitrogen and oxygen atoms in total. The molecule has 0 saturated heterocycles. The van der Waals surface area contributed by atoms with E-state index in [-0.39, 0.29) is 0 Å². The summed E-state index contributed by atoms with van der Waals surface area (Å²) in [6.07, 6.45) is 2.91. The number of aryl methyl sites for hydroxylation is 2. The Labute approximate surface area is 94.3 Å². The highest BCUT2D eigenvalue weighted by Crippen LogP contribution is 2.27. The molecule has 0 atom stereocenters. The maximum atomic E-state index is 3.70. The van der Waals surface area contributed by atoms with E-state index in [4.69, 9.17) is 0 Å². The van der Waals surface area contributed by atoms with Crippen molar-refractivity contribution in [3.05, 3.63) is 40.4 Å². The molecule has 0 aliphatic rings. The van der Waals surface area contributed by atoms with Gasteiger partial charge in [-0.1, -0.05) is 12.1 Å². The maximum absolute atomic E-state index is 3.70. The SMILES string of the molecule is C=CCCNc1c(C)cc(C)cc1Br. The van der Waals surface area contributed by atoms with Crippen LogP contribution in [-0.4, -0.2) is 6.54 Å². The van der Waals surface area contributed by atoms with Crippen molar-refractivity contribution < 1.29 is 0 Å². The van der Waals surface area contributed by atoms with Crippen molar-refractivity contribution in [1.29, 1.82) is 0 Å². The standard InChI is InChI=1S/C12H16BrN/c1-4-5-6-14-12-10(3)7-9(2)8-11(12)13/h4,7-8,14H,1,5-6H2,2-3H3. The zero-order valence-electron chi connectivity index (χ0n) is 8.73. The molecular formula is C12H16BrN. The van der Waals surface area contributed by atoms with Crippen LogP contribution >= 0.6 is 15.9 Å². The molecule has 0 aliphatic heterocycles. The van der Waals surface area contributed by atoms with Gasteiger partial charge in [-0.15, -0.1) is 6.58 Å². The van der Waals surface area contributed by atoms with E-state index in [1.54, 1.807) is 0 Å². The van der Waals surface area contributed by atoms with Gasteiger partial charge < -0.3 is 5.32 Å². The van der Waals surface area contributed by atoms with E-state index in [9.17, 15) is 0 Å². The highest BCUT2D eigenvalue weighted by molar-refractivity contribution is 9.10. The first-order chi connectivity index (χ1) is 6.65. The summed E-state index contributed by atoms with van der Waals surface area (Å²) >= 11 is 3.56. The van der Waals surface area contributed by atoms with E-state index < -0.39 is 0 Å². The Hall–Kier alpha value is -0.760. The fourth-order valence-corrected chi connectivity index (χ4v) is 2.25. The number of anilines is 1. The molecule has 0 aromatic heterocycles. The lowest BCUT2D eigenvalue weighted by Crippen LogP contribution is -2.02. The Morgan fingerprint density at radius 1 is 1.43 bits per heavy atom. The Bertz CT molecular complexity index is 308. The molecule has 1 N–H and O–H groups in total. The predicted molar refractivity (Wildman–Crippen MR) is 66.9 cm³/mol. The third kappa shape index (κ3) is 2.88. The van der Waals surface area contributed by atoms with Crippen molar-refractivity contribution in [3.8, 4) is 0 Å². The second-order valence-corrected chi connectivity index (χ2v) is 4.30. The molecule has 76 valence electrons. The quantitative estimate of drug-likeness (QED) is 0.631. The minimum absolute atomic E-state index is 0.937. The van der Waals surface area contributed by atoms with Crippen molar-refractivity contribution >= 4 is 21.6 Å². The first-order valence-corrected chi connectivity index (χ1v) is 5.56. The van der Waals surface area contributed by atoms with Crippen LogP contribution in [0.1, 0.15) is 17.5 Å². The summed E-state index contributed by atoms with van der Waals surface area (Å²) in [7, 11) is 0.